The summed E-state index contributed by atoms with van der Waals surface area (Å²) < 4.78 is 5.58. The third kappa shape index (κ3) is 4.47. The van der Waals surface area contributed by atoms with Gasteiger partial charge in [0.25, 0.3) is 0 Å². The first-order valence-corrected chi connectivity index (χ1v) is 13.5. The highest BCUT2D eigenvalue weighted by atomic mass is 79.9. The molecule has 0 aliphatic carbocycles. The largest absolute Gasteiger partial charge is 0.460 e. The van der Waals surface area contributed by atoms with E-state index in [4.69, 9.17) is 4.74 Å². The summed E-state index contributed by atoms with van der Waals surface area (Å²) in [7, 11) is -0.690. The van der Waals surface area contributed by atoms with Gasteiger partial charge in [0.15, 0.2) is 0 Å². The van der Waals surface area contributed by atoms with Crippen molar-refractivity contribution in [2.45, 2.75) is 36.4 Å². The number of ether oxygens (including phenoxy) is 1. The van der Waals surface area contributed by atoms with Crippen LogP contribution in [-0.2, 0) is 14.7 Å². The summed E-state index contributed by atoms with van der Waals surface area (Å²) in [5.41, 5.74) is 3.52. The van der Waals surface area contributed by atoms with Crippen LogP contribution in [-0.4, -0.2) is 23.1 Å². The van der Waals surface area contributed by atoms with E-state index in [1.807, 2.05) is 13.8 Å². The molecule has 0 amide bonds. The highest BCUT2D eigenvalue weighted by Crippen LogP contribution is 2.67. The minimum absolute atomic E-state index is 0.0880. The van der Waals surface area contributed by atoms with E-state index >= 15 is 0 Å². The van der Waals surface area contributed by atoms with Gasteiger partial charge in [-0.3, -0.25) is 0 Å². The number of hydrogen-bond donors (Lipinski definition) is 0. The molecule has 3 aromatic rings. The Bertz CT molecular complexity index is 1020. The van der Waals surface area contributed by atoms with Gasteiger partial charge in [0.2, 0.25) is 0 Å². The number of benzene rings is 3. The molecular weight excluding hydrogens is 479 g/mol. The van der Waals surface area contributed by atoms with E-state index in [-0.39, 0.29) is 16.9 Å². The van der Waals surface area contributed by atoms with Crippen molar-refractivity contribution in [2.75, 3.05) is 6.16 Å². The first-order chi connectivity index (χ1) is 15.5. The molecule has 1 aliphatic rings. The third-order valence-corrected chi connectivity index (χ3v) is 10.0. The van der Waals surface area contributed by atoms with E-state index in [0.29, 0.717) is 0 Å². The Balaban J connectivity index is 2.04. The Kier molecular flexibility index (Phi) is 7.28. The molecular formula is C28H28BrO2P. The maximum absolute atomic E-state index is 12.9. The van der Waals surface area contributed by atoms with Crippen LogP contribution in [0.15, 0.2) is 103 Å². The van der Waals surface area contributed by atoms with Crippen molar-refractivity contribution in [1.29, 1.82) is 0 Å². The molecule has 1 saturated heterocycles. The predicted octanol–water partition coefficient (Wildman–Crippen LogP) is 6.78. The van der Waals surface area contributed by atoms with Crippen LogP contribution in [0.3, 0.4) is 0 Å². The Morgan fingerprint density at radius 2 is 1.44 bits per heavy atom. The molecule has 4 rings (SSSR count). The molecule has 2 atom stereocenters. The Labute approximate surface area is 200 Å². The summed E-state index contributed by atoms with van der Waals surface area (Å²) in [4.78, 5) is 13.0. The Hall–Kier alpha value is -2.22. The number of halogens is 1. The van der Waals surface area contributed by atoms with Gasteiger partial charge < -0.3 is 4.74 Å². The summed E-state index contributed by atoms with van der Waals surface area (Å²) in [5, 5.41) is 0.916. The van der Waals surface area contributed by atoms with Gasteiger partial charge in [0, 0.05) is 10.9 Å². The zero-order valence-corrected chi connectivity index (χ0v) is 20.9. The molecule has 164 valence electrons. The lowest BCUT2D eigenvalue weighted by atomic mass is 9.81. The monoisotopic (exact) mass is 506 g/mol. The second-order valence-electron chi connectivity index (χ2n) is 8.27. The van der Waals surface area contributed by atoms with Crippen LogP contribution in [0.2, 0.25) is 0 Å². The normalized spacial score (nSPS) is 21.4. The molecule has 32 heavy (non-hydrogen) atoms. The molecule has 0 radical (unpaired) electrons. The van der Waals surface area contributed by atoms with Crippen LogP contribution in [0, 0.1) is 0 Å². The molecule has 3 aromatic carbocycles. The first kappa shape index (κ1) is 23.0. The zero-order chi connectivity index (χ0) is 22.6. The number of carbonyl (C=O) groups is 1. The van der Waals surface area contributed by atoms with Gasteiger partial charge in [-0.15, -0.1) is 0 Å². The fourth-order valence-electron chi connectivity index (χ4n) is 4.64. The molecule has 2 nitrogen and oxygen atoms in total. The summed E-state index contributed by atoms with van der Waals surface area (Å²) >= 11 is 3.95. The van der Waals surface area contributed by atoms with E-state index in [1.54, 1.807) is 6.08 Å². The van der Waals surface area contributed by atoms with Gasteiger partial charge in [-0.05, 0) is 48.4 Å². The minimum atomic E-state index is -0.690. The number of carbonyl (C=O) groups excluding carboxylic acids is 1. The van der Waals surface area contributed by atoms with Crippen molar-refractivity contribution in [3.63, 3.8) is 0 Å². The first-order valence-electron chi connectivity index (χ1n) is 11.0. The molecule has 1 fully saturated rings. The number of allylic oxidation sites excluding steroid dienone is 1. The van der Waals surface area contributed by atoms with Crippen LogP contribution < -0.4 is 5.30 Å². The second kappa shape index (κ2) is 10.1. The number of hydrogen-bond acceptors (Lipinski definition) is 2. The van der Waals surface area contributed by atoms with Crippen molar-refractivity contribution < 1.29 is 9.53 Å². The summed E-state index contributed by atoms with van der Waals surface area (Å²) in [6.45, 7) is 3.78. The van der Waals surface area contributed by atoms with Gasteiger partial charge in [0.05, 0.1) is 11.3 Å². The summed E-state index contributed by atoms with van der Waals surface area (Å²) in [6.07, 6.45) is 3.64. The van der Waals surface area contributed by atoms with E-state index in [0.717, 1.165) is 18.2 Å². The lowest BCUT2D eigenvalue weighted by Crippen LogP contribution is -2.40. The fourth-order valence-corrected chi connectivity index (χ4v) is 9.36. The third-order valence-electron chi connectivity index (χ3n) is 5.84. The van der Waals surface area contributed by atoms with Crippen LogP contribution >= 0.6 is 23.9 Å². The molecule has 0 aromatic heterocycles. The molecule has 2 unspecified atom stereocenters. The van der Waals surface area contributed by atoms with E-state index < -0.39 is 13.1 Å². The smallest absolute Gasteiger partial charge is 0.331 e. The molecule has 0 saturated carbocycles. The lowest BCUT2D eigenvalue weighted by molar-refractivity contribution is -0.141. The minimum Gasteiger partial charge on any atom is -0.460 e. The maximum Gasteiger partial charge on any atom is 0.331 e. The molecule has 4 heteroatoms. The van der Waals surface area contributed by atoms with E-state index in [9.17, 15) is 4.79 Å². The molecule has 0 spiro atoms. The average molecular weight is 507 g/mol. The van der Waals surface area contributed by atoms with Gasteiger partial charge in [-0.25, -0.2) is 4.79 Å². The SMILES string of the molecule is CC(C)OC(=O)C=C1C(Br)CCP(c2ccccc2)C1(c1ccccc1)c1ccccc1. The molecule has 0 N–H and O–H groups in total. The van der Waals surface area contributed by atoms with Gasteiger partial charge in [-0.1, -0.05) is 115 Å². The maximum atomic E-state index is 12.9. The van der Waals surface area contributed by atoms with Crippen molar-refractivity contribution in [2.24, 2.45) is 0 Å². The molecule has 0 bridgehead atoms. The summed E-state index contributed by atoms with van der Waals surface area (Å²) in [5.74, 6) is -0.277. The zero-order valence-electron chi connectivity index (χ0n) is 18.4. The summed E-state index contributed by atoms with van der Waals surface area (Å²) in [6, 6.07) is 32.1. The highest BCUT2D eigenvalue weighted by Gasteiger charge is 2.50. The van der Waals surface area contributed by atoms with Crippen LogP contribution in [0.25, 0.3) is 0 Å². The topological polar surface area (TPSA) is 26.3 Å². The molecule has 1 heterocycles. The average Bonchev–Trinajstić information content (AvgIpc) is 2.81. The van der Waals surface area contributed by atoms with Crippen LogP contribution in [0.4, 0.5) is 0 Å². The van der Waals surface area contributed by atoms with Gasteiger partial charge in [-0.2, -0.15) is 0 Å². The molecule has 1 aliphatic heterocycles. The van der Waals surface area contributed by atoms with E-state index in [1.165, 1.54) is 16.4 Å². The fraction of sp³-hybridized carbons (Fsp3) is 0.250. The number of esters is 1. The number of alkyl halides is 1. The van der Waals surface area contributed by atoms with Crippen molar-refractivity contribution >= 4 is 35.1 Å². The number of rotatable bonds is 5. The Morgan fingerprint density at radius 3 is 1.94 bits per heavy atom. The predicted molar refractivity (Wildman–Crippen MR) is 138 cm³/mol. The van der Waals surface area contributed by atoms with Crippen LogP contribution in [0.5, 0.6) is 0 Å². The van der Waals surface area contributed by atoms with Crippen molar-refractivity contribution in [1.82, 2.24) is 0 Å². The van der Waals surface area contributed by atoms with Crippen molar-refractivity contribution in [3.05, 3.63) is 114 Å². The Morgan fingerprint density at radius 1 is 0.938 bits per heavy atom. The standard InChI is InChI=1S/C28H28BrO2P/c1-21(2)31-27(30)20-25-26(29)18-19-32(24-16-10-5-11-17-24)28(25,22-12-6-3-7-13-22)23-14-8-4-9-15-23/h3-17,20-21,26H,18-19H2,1-2H3. The quantitative estimate of drug-likeness (QED) is 0.165. The van der Waals surface area contributed by atoms with Gasteiger partial charge in [0.1, 0.15) is 0 Å². The lowest BCUT2D eigenvalue weighted by Gasteiger charge is -2.49. The van der Waals surface area contributed by atoms with Crippen molar-refractivity contribution in [3.8, 4) is 0 Å². The highest BCUT2D eigenvalue weighted by molar-refractivity contribution is 9.09. The van der Waals surface area contributed by atoms with Gasteiger partial charge >= 0.3 is 5.97 Å². The van der Waals surface area contributed by atoms with Crippen LogP contribution in [0.1, 0.15) is 31.4 Å². The second-order valence-corrected chi connectivity index (χ2v) is 11.9. The van der Waals surface area contributed by atoms with E-state index in [2.05, 4.69) is 107 Å².